The third-order valence-electron chi connectivity index (χ3n) is 3.41. The van der Waals surface area contributed by atoms with E-state index in [4.69, 9.17) is 0 Å². The molecule has 1 saturated carbocycles. The summed E-state index contributed by atoms with van der Waals surface area (Å²) in [6, 6.07) is 0. The molecule has 14 heavy (non-hydrogen) atoms. The first-order chi connectivity index (χ1) is 6.50. The van der Waals surface area contributed by atoms with Crippen LogP contribution in [0.3, 0.4) is 0 Å². The number of nitrogens with one attached hydrogen (secondary N) is 1. The molecule has 1 heterocycles. The highest BCUT2D eigenvalue weighted by molar-refractivity contribution is 6.08. The molecule has 1 fully saturated rings. The van der Waals surface area contributed by atoms with Crippen molar-refractivity contribution >= 4 is 11.7 Å². The summed E-state index contributed by atoms with van der Waals surface area (Å²) in [4.78, 5) is 16.0. The zero-order chi connectivity index (χ0) is 10.3. The van der Waals surface area contributed by atoms with Crippen molar-refractivity contribution in [3.63, 3.8) is 0 Å². The van der Waals surface area contributed by atoms with Crippen molar-refractivity contribution in [1.82, 2.24) is 5.32 Å². The third kappa shape index (κ3) is 1.45. The second kappa shape index (κ2) is 3.07. The highest BCUT2D eigenvalue weighted by atomic mass is 16.2. The normalized spacial score (nSPS) is 35.6. The molecule has 1 aliphatic carbocycles. The van der Waals surface area contributed by atoms with Gasteiger partial charge in [0.05, 0.1) is 0 Å². The van der Waals surface area contributed by atoms with Crippen molar-refractivity contribution in [3.8, 4) is 0 Å². The van der Waals surface area contributed by atoms with E-state index in [1.54, 1.807) is 0 Å². The fraction of sp³-hybridized carbons (Fsp3) is 0.818. The molecular formula is C11H18N2O. The number of carbonyl (C=O) groups is 1. The summed E-state index contributed by atoms with van der Waals surface area (Å²) in [7, 11) is 0. The minimum Gasteiger partial charge on any atom is -0.312 e. The topological polar surface area (TPSA) is 41.5 Å². The number of rotatable bonds is 1. The maximum absolute atomic E-state index is 11.5. The number of carbonyl (C=O) groups excluding carboxylic acids is 1. The van der Waals surface area contributed by atoms with E-state index in [9.17, 15) is 4.79 Å². The Hall–Kier alpha value is -0.860. The van der Waals surface area contributed by atoms with E-state index in [1.807, 2.05) is 13.8 Å². The quantitative estimate of drug-likeness (QED) is 0.678. The van der Waals surface area contributed by atoms with Crippen molar-refractivity contribution < 1.29 is 4.79 Å². The van der Waals surface area contributed by atoms with Crippen molar-refractivity contribution in [1.29, 1.82) is 0 Å². The first-order valence-electron chi connectivity index (χ1n) is 5.42. The van der Waals surface area contributed by atoms with Gasteiger partial charge in [-0.3, -0.25) is 9.79 Å². The second-order valence-electron chi connectivity index (χ2n) is 5.02. The lowest BCUT2D eigenvalue weighted by Crippen LogP contribution is -2.36. The summed E-state index contributed by atoms with van der Waals surface area (Å²) in [5.74, 6) is 2.14. The van der Waals surface area contributed by atoms with Crippen LogP contribution in [0.4, 0.5) is 0 Å². The molecule has 2 rings (SSSR count). The van der Waals surface area contributed by atoms with Crippen LogP contribution in [0.5, 0.6) is 0 Å². The fourth-order valence-electron chi connectivity index (χ4n) is 2.38. The molecule has 2 aliphatic rings. The average Bonchev–Trinajstić information content (AvgIpc) is 2.58. The van der Waals surface area contributed by atoms with Crippen LogP contribution in [0.2, 0.25) is 0 Å². The van der Waals surface area contributed by atoms with Crippen LogP contribution >= 0.6 is 0 Å². The van der Waals surface area contributed by atoms with Crippen molar-refractivity contribution in [2.24, 2.45) is 16.8 Å². The smallest absolute Gasteiger partial charge is 0.252 e. The van der Waals surface area contributed by atoms with Crippen LogP contribution in [0.1, 0.15) is 40.0 Å². The summed E-state index contributed by atoms with van der Waals surface area (Å²) < 4.78 is 0. The Morgan fingerprint density at radius 3 is 2.57 bits per heavy atom. The summed E-state index contributed by atoms with van der Waals surface area (Å²) in [5, 5.41) is 2.93. The lowest BCUT2D eigenvalue weighted by atomic mass is 9.97. The Balaban J connectivity index is 2.17. The molecule has 78 valence electrons. The summed E-state index contributed by atoms with van der Waals surface area (Å²) >= 11 is 0. The number of hydrogen-bond donors (Lipinski definition) is 1. The van der Waals surface area contributed by atoms with E-state index in [2.05, 4.69) is 17.2 Å². The van der Waals surface area contributed by atoms with Gasteiger partial charge in [-0.05, 0) is 32.6 Å². The monoisotopic (exact) mass is 194 g/mol. The molecule has 0 aromatic carbocycles. The number of aliphatic imine (C=N–C) groups is 1. The van der Waals surface area contributed by atoms with Gasteiger partial charge in [0.1, 0.15) is 11.4 Å². The van der Waals surface area contributed by atoms with Gasteiger partial charge in [0.2, 0.25) is 0 Å². The van der Waals surface area contributed by atoms with Crippen LogP contribution in [-0.2, 0) is 4.79 Å². The predicted molar refractivity (Wildman–Crippen MR) is 56.2 cm³/mol. The molecule has 0 spiro atoms. The summed E-state index contributed by atoms with van der Waals surface area (Å²) in [6.45, 7) is 5.99. The average molecular weight is 194 g/mol. The van der Waals surface area contributed by atoms with Crippen molar-refractivity contribution in [3.05, 3.63) is 0 Å². The Bertz CT molecular complexity index is 294. The van der Waals surface area contributed by atoms with Crippen LogP contribution in [0, 0.1) is 11.8 Å². The van der Waals surface area contributed by atoms with Gasteiger partial charge in [0.25, 0.3) is 5.91 Å². The number of amides is 1. The highest BCUT2D eigenvalue weighted by Gasteiger charge is 2.39. The molecule has 1 amide bonds. The molecule has 3 nitrogen and oxygen atoms in total. The van der Waals surface area contributed by atoms with Crippen LogP contribution in [0.25, 0.3) is 0 Å². The molecule has 0 aromatic rings. The first kappa shape index (κ1) is 9.69. The molecule has 1 N–H and O–H groups in total. The Kier molecular flexibility index (Phi) is 2.13. The molecule has 0 saturated heterocycles. The molecular weight excluding hydrogens is 176 g/mol. The number of amidine groups is 1. The maximum atomic E-state index is 11.5. The van der Waals surface area contributed by atoms with Gasteiger partial charge in [0.15, 0.2) is 0 Å². The number of hydrogen-bond acceptors (Lipinski definition) is 2. The SMILES string of the molecule is CC1CCCC1C1=NC(C)(C)C(=O)N1. The van der Waals surface area contributed by atoms with E-state index in [1.165, 1.54) is 19.3 Å². The molecule has 3 heteroatoms. The van der Waals surface area contributed by atoms with E-state index >= 15 is 0 Å². The zero-order valence-electron chi connectivity index (χ0n) is 9.13. The minimum absolute atomic E-state index is 0.0478. The predicted octanol–water partition coefficient (Wildman–Crippen LogP) is 1.73. The van der Waals surface area contributed by atoms with E-state index in [0.717, 1.165) is 5.84 Å². The highest BCUT2D eigenvalue weighted by Crippen LogP contribution is 2.33. The zero-order valence-corrected chi connectivity index (χ0v) is 9.13. The molecule has 0 radical (unpaired) electrons. The Morgan fingerprint density at radius 2 is 2.14 bits per heavy atom. The molecule has 2 atom stereocenters. The first-order valence-corrected chi connectivity index (χ1v) is 5.42. The largest absolute Gasteiger partial charge is 0.312 e. The van der Waals surface area contributed by atoms with Crippen molar-refractivity contribution in [2.45, 2.75) is 45.6 Å². The van der Waals surface area contributed by atoms with Gasteiger partial charge in [-0.2, -0.15) is 0 Å². The van der Waals surface area contributed by atoms with Crippen molar-refractivity contribution in [2.75, 3.05) is 0 Å². The third-order valence-corrected chi connectivity index (χ3v) is 3.41. The lowest BCUT2D eigenvalue weighted by Gasteiger charge is -2.14. The van der Waals surface area contributed by atoms with Crippen LogP contribution in [0.15, 0.2) is 4.99 Å². The Labute approximate surface area is 85.0 Å². The standard InChI is InChI=1S/C11H18N2O/c1-7-5-4-6-8(7)9-12-10(14)11(2,3)13-9/h7-8H,4-6H2,1-3H3,(H,12,13,14). The van der Waals surface area contributed by atoms with Gasteiger partial charge in [0, 0.05) is 5.92 Å². The Morgan fingerprint density at radius 1 is 1.43 bits per heavy atom. The van der Waals surface area contributed by atoms with Gasteiger partial charge < -0.3 is 5.32 Å². The second-order valence-corrected chi connectivity index (χ2v) is 5.02. The fourth-order valence-corrected chi connectivity index (χ4v) is 2.38. The van der Waals surface area contributed by atoms with E-state index in [0.29, 0.717) is 11.8 Å². The number of nitrogens with zero attached hydrogens (tertiary/aromatic N) is 1. The molecule has 0 bridgehead atoms. The van der Waals surface area contributed by atoms with E-state index < -0.39 is 5.54 Å². The summed E-state index contributed by atoms with van der Waals surface area (Å²) in [5.41, 5.74) is -0.544. The summed E-state index contributed by atoms with van der Waals surface area (Å²) in [6.07, 6.45) is 3.71. The van der Waals surface area contributed by atoms with Gasteiger partial charge in [-0.25, -0.2) is 0 Å². The van der Waals surface area contributed by atoms with Crippen LogP contribution < -0.4 is 5.32 Å². The lowest BCUT2D eigenvalue weighted by molar-refractivity contribution is -0.122. The van der Waals surface area contributed by atoms with Gasteiger partial charge in [-0.15, -0.1) is 0 Å². The van der Waals surface area contributed by atoms with Gasteiger partial charge >= 0.3 is 0 Å². The van der Waals surface area contributed by atoms with E-state index in [-0.39, 0.29) is 5.91 Å². The minimum atomic E-state index is -0.544. The van der Waals surface area contributed by atoms with Gasteiger partial charge in [-0.1, -0.05) is 13.3 Å². The molecule has 1 aliphatic heterocycles. The molecule has 2 unspecified atom stereocenters. The molecule has 0 aromatic heterocycles. The maximum Gasteiger partial charge on any atom is 0.252 e. The van der Waals surface area contributed by atoms with Crippen LogP contribution in [-0.4, -0.2) is 17.3 Å².